The second kappa shape index (κ2) is 6.00. The lowest BCUT2D eigenvalue weighted by molar-refractivity contribution is -0.0523. The van der Waals surface area contributed by atoms with Crippen LogP contribution in [0.15, 0.2) is 34.4 Å². The van der Waals surface area contributed by atoms with Crippen molar-refractivity contribution in [2.45, 2.75) is 23.6 Å². The first-order valence-corrected chi connectivity index (χ1v) is 6.28. The highest BCUT2D eigenvalue weighted by atomic mass is 32.2. The molecule has 0 aliphatic heterocycles. The maximum Gasteiger partial charge on any atom is 0.387 e. The second-order valence-corrected chi connectivity index (χ2v) is 4.79. The number of hydrogen-bond acceptors (Lipinski definition) is 5. The molecule has 2 N–H and O–H groups in total. The highest BCUT2D eigenvalue weighted by Gasteiger charge is 2.14. The van der Waals surface area contributed by atoms with E-state index in [2.05, 4.69) is 14.7 Å². The number of nitrogens with two attached hydrogens (primary N) is 1. The number of alkyl halides is 2. The normalized spacial score (nSPS) is 10.8. The molecule has 0 amide bonds. The molecule has 0 saturated heterocycles. The van der Waals surface area contributed by atoms with Gasteiger partial charge >= 0.3 is 6.61 Å². The molecular weight excluding hydrogens is 291 g/mol. The van der Waals surface area contributed by atoms with Crippen LogP contribution in [-0.4, -0.2) is 16.6 Å². The zero-order chi connectivity index (χ0) is 14.7. The number of benzene rings is 1. The molecule has 2 aromatic rings. The summed E-state index contributed by atoms with van der Waals surface area (Å²) in [6, 6.07) is 3.74. The fraction of sp³-hybridized carbons (Fsp3) is 0.167. The maximum atomic E-state index is 13.4. The van der Waals surface area contributed by atoms with Crippen LogP contribution in [0.2, 0.25) is 0 Å². The van der Waals surface area contributed by atoms with Gasteiger partial charge in [0.25, 0.3) is 0 Å². The molecule has 0 radical (unpaired) electrons. The Hall–Kier alpha value is -1.96. The SMILES string of the molecule is Cc1ccnc(Sc2cc(OC(F)F)c(F)cc2N)n1. The first-order chi connectivity index (χ1) is 9.45. The number of aromatic nitrogens is 2. The summed E-state index contributed by atoms with van der Waals surface area (Å²) in [5.74, 6) is -1.51. The van der Waals surface area contributed by atoms with Gasteiger partial charge in [0.05, 0.1) is 0 Å². The molecule has 0 aliphatic carbocycles. The van der Waals surface area contributed by atoms with Crippen LogP contribution in [0, 0.1) is 12.7 Å². The largest absolute Gasteiger partial charge is 0.432 e. The van der Waals surface area contributed by atoms with Crippen molar-refractivity contribution in [3.8, 4) is 5.75 Å². The summed E-state index contributed by atoms with van der Waals surface area (Å²) in [5.41, 5.74) is 6.49. The lowest BCUT2D eigenvalue weighted by atomic mass is 10.3. The van der Waals surface area contributed by atoms with Gasteiger partial charge in [-0.15, -0.1) is 0 Å². The number of rotatable bonds is 4. The second-order valence-electron chi connectivity index (χ2n) is 3.78. The first-order valence-electron chi connectivity index (χ1n) is 5.47. The molecule has 0 aliphatic rings. The molecule has 1 aromatic carbocycles. The van der Waals surface area contributed by atoms with Crippen LogP contribution in [0.4, 0.5) is 18.9 Å². The van der Waals surface area contributed by atoms with Gasteiger partial charge < -0.3 is 10.5 Å². The molecule has 1 heterocycles. The third kappa shape index (κ3) is 3.53. The molecule has 1 aromatic heterocycles. The Kier molecular flexibility index (Phi) is 4.33. The Morgan fingerprint density at radius 1 is 1.35 bits per heavy atom. The van der Waals surface area contributed by atoms with E-state index in [0.29, 0.717) is 10.1 Å². The standard InChI is InChI=1S/C12H10F3N3OS/c1-6-2-3-17-12(18-6)20-10-5-9(19-11(14)15)7(13)4-8(10)16/h2-5,11H,16H2,1H3. The Balaban J connectivity index is 2.31. The van der Waals surface area contributed by atoms with Gasteiger partial charge in [-0.05, 0) is 30.8 Å². The number of hydrogen-bond donors (Lipinski definition) is 1. The summed E-state index contributed by atoms with van der Waals surface area (Å²) in [4.78, 5) is 8.48. The van der Waals surface area contributed by atoms with Crippen molar-refractivity contribution >= 4 is 17.4 Å². The highest BCUT2D eigenvalue weighted by Crippen LogP contribution is 2.35. The predicted octanol–water partition coefficient (Wildman–Crippen LogP) is 3.26. The Morgan fingerprint density at radius 3 is 2.75 bits per heavy atom. The van der Waals surface area contributed by atoms with Crippen molar-refractivity contribution in [1.82, 2.24) is 9.97 Å². The summed E-state index contributed by atoms with van der Waals surface area (Å²) >= 11 is 1.04. The molecule has 0 saturated carbocycles. The van der Waals surface area contributed by atoms with E-state index in [4.69, 9.17) is 5.73 Å². The number of halogens is 3. The van der Waals surface area contributed by atoms with Crippen LogP contribution >= 0.6 is 11.8 Å². The molecule has 2 rings (SSSR count). The number of nitrogens with zero attached hydrogens (tertiary/aromatic N) is 2. The van der Waals surface area contributed by atoms with E-state index in [9.17, 15) is 13.2 Å². The van der Waals surface area contributed by atoms with E-state index in [-0.39, 0.29) is 5.69 Å². The van der Waals surface area contributed by atoms with E-state index in [1.807, 2.05) is 0 Å². The van der Waals surface area contributed by atoms with E-state index < -0.39 is 18.2 Å². The van der Waals surface area contributed by atoms with Gasteiger partial charge in [0.1, 0.15) is 0 Å². The van der Waals surface area contributed by atoms with Crippen LogP contribution in [0.25, 0.3) is 0 Å². The third-order valence-electron chi connectivity index (χ3n) is 2.25. The zero-order valence-corrected chi connectivity index (χ0v) is 11.1. The molecule has 106 valence electrons. The van der Waals surface area contributed by atoms with Gasteiger partial charge in [-0.25, -0.2) is 14.4 Å². The third-order valence-corrected chi connectivity index (χ3v) is 3.21. The Morgan fingerprint density at radius 2 is 2.10 bits per heavy atom. The van der Waals surface area contributed by atoms with E-state index in [1.54, 1.807) is 19.2 Å². The quantitative estimate of drug-likeness (QED) is 0.694. The summed E-state index contributed by atoms with van der Waals surface area (Å²) in [7, 11) is 0. The summed E-state index contributed by atoms with van der Waals surface area (Å²) in [5, 5.41) is 0.381. The molecule has 0 fully saturated rings. The fourth-order valence-corrected chi connectivity index (χ4v) is 2.24. The van der Waals surface area contributed by atoms with Crippen LogP contribution in [0.5, 0.6) is 5.75 Å². The molecule has 8 heteroatoms. The van der Waals surface area contributed by atoms with Crippen LogP contribution in [-0.2, 0) is 0 Å². The average Bonchev–Trinajstić information content (AvgIpc) is 2.34. The lowest BCUT2D eigenvalue weighted by Crippen LogP contribution is -2.04. The molecule has 4 nitrogen and oxygen atoms in total. The molecule has 0 spiro atoms. The first kappa shape index (κ1) is 14.4. The van der Waals surface area contributed by atoms with Crippen LogP contribution in [0.1, 0.15) is 5.69 Å². The Bertz CT molecular complexity index is 625. The van der Waals surface area contributed by atoms with E-state index in [0.717, 1.165) is 29.6 Å². The minimum atomic E-state index is -3.11. The van der Waals surface area contributed by atoms with Gasteiger partial charge in [-0.2, -0.15) is 8.78 Å². The minimum absolute atomic E-state index is 0.0965. The van der Waals surface area contributed by atoms with Crippen molar-refractivity contribution in [2.75, 3.05) is 5.73 Å². The van der Waals surface area contributed by atoms with Crippen LogP contribution < -0.4 is 10.5 Å². The van der Waals surface area contributed by atoms with Gasteiger partial charge in [-0.3, -0.25) is 0 Å². The van der Waals surface area contributed by atoms with Gasteiger partial charge in [0.2, 0.25) is 0 Å². The smallest absolute Gasteiger partial charge is 0.387 e. The van der Waals surface area contributed by atoms with Crippen molar-refractivity contribution in [2.24, 2.45) is 0 Å². The maximum absolute atomic E-state index is 13.4. The Labute approximate surface area is 117 Å². The number of aryl methyl sites for hydroxylation is 1. The van der Waals surface area contributed by atoms with E-state index >= 15 is 0 Å². The molecule has 20 heavy (non-hydrogen) atoms. The summed E-state index contributed by atoms with van der Waals surface area (Å²) < 4.78 is 41.8. The van der Waals surface area contributed by atoms with Gasteiger partial charge in [-0.1, -0.05) is 0 Å². The van der Waals surface area contributed by atoms with Crippen molar-refractivity contribution in [3.05, 3.63) is 35.9 Å². The van der Waals surface area contributed by atoms with E-state index in [1.165, 1.54) is 0 Å². The monoisotopic (exact) mass is 301 g/mol. The number of ether oxygens (including phenoxy) is 1. The lowest BCUT2D eigenvalue weighted by Gasteiger charge is -2.10. The summed E-state index contributed by atoms with van der Waals surface area (Å²) in [6.07, 6.45) is 1.56. The molecule has 0 atom stereocenters. The van der Waals surface area contributed by atoms with Crippen LogP contribution in [0.3, 0.4) is 0 Å². The van der Waals surface area contributed by atoms with Crippen molar-refractivity contribution in [1.29, 1.82) is 0 Å². The number of anilines is 1. The average molecular weight is 301 g/mol. The predicted molar refractivity (Wildman–Crippen MR) is 68.3 cm³/mol. The summed E-state index contributed by atoms with van der Waals surface area (Å²) in [6.45, 7) is -1.33. The molecule has 0 unspecified atom stereocenters. The van der Waals surface area contributed by atoms with Crippen molar-refractivity contribution < 1.29 is 17.9 Å². The van der Waals surface area contributed by atoms with Crippen molar-refractivity contribution in [3.63, 3.8) is 0 Å². The fourth-order valence-electron chi connectivity index (χ4n) is 1.40. The van der Waals surface area contributed by atoms with Gasteiger partial charge in [0.15, 0.2) is 16.7 Å². The highest BCUT2D eigenvalue weighted by molar-refractivity contribution is 7.99. The topological polar surface area (TPSA) is 61.0 Å². The number of nitrogen functional groups attached to an aromatic ring is 1. The molecular formula is C12H10F3N3OS. The molecule has 0 bridgehead atoms. The van der Waals surface area contributed by atoms with Gasteiger partial charge in [0, 0.05) is 28.5 Å². The zero-order valence-electron chi connectivity index (χ0n) is 10.3. The minimum Gasteiger partial charge on any atom is -0.432 e.